The predicted octanol–water partition coefficient (Wildman–Crippen LogP) is 1.98. The van der Waals surface area contributed by atoms with Crippen LogP contribution in [0, 0.1) is 18.7 Å². The lowest BCUT2D eigenvalue weighted by Gasteiger charge is -2.16. The van der Waals surface area contributed by atoms with Crippen LogP contribution in [0.4, 0.5) is 4.39 Å². The number of rotatable bonds is 2. The fraction of sp³-hybridized carbons (Fsp3) is 0.462. The Morgan fingerprint density at radius 3 is 2.83 bits per heavy atom. The Bertz CT molecular complexity index is 439. The molecule has 1 aliphatic heterocycles. The van der Waals surface area contributed by atoms with Gasteiger partial charge in [-0.25, -0.2) is 4.39 Å². The molecule has 0 aromatic heterocycles. The summed E-state index contributed by atoms with van der Waals surface area (Å²) >= 11 is 0. The minimum atomic E-state index is -0.439. The highest BCUT2D eigenvalue weighted by Gasteiger charge is 2.27. The second-order valence-corrected chi connectivity index (χ2v) is 4.62. The third kappa shape index (κ3) is 3.00. The van der Waals surface area contributed by atoms with E-state index in [1.165, 1.54) is 6.07 Å². The van der Waals surface area contributed by atoms with Crippen molar-refractivity contribution in [2.45, 2.75) is 13.3 Å². The maximum atomic E-state index is 13.7. The van der Waals surface area contributed by atoms with Crippen LogP contribution in [0.5, 0.6) is 0 Å². The van der Waals surface area contributed by atoms with Crippen molar-refractivity contribution in [3.8, 4) is 0 Å². The molecule has 0 spiro atoms. The van der Waals surface area contributed by atoms with E-state index < -0.39 is 5.82 Å². The van der Waals surface area contributed by atoms with Crippen molar-refractivity contribution in [2.24, 2.45) is 11.7 Å². The number of likely N-dealkylation sites (tertiary alicyclic amines) is 1. The standard InChI is InChI=1S/C13H17FN2O.ClH/c1-9-2-3-11(12(14)6-9)13(17)16-5-4-10(7-15)8-16;/h2-3,6,10H,4-5,7-8,15H2,1H3;1H. The Labute approximate surface area is 113 Å². The zero-order valence-electron chi connectivity index (χ0n) is 10.4. The Morgan fingerprint density at radius 1 is 1.56 bits per heavy atom. The summed E-state index contributed by atoms with van der Waals surface area (Å²) in [7, 11) is 0. The Kier molecular flexibility index (Phi) is 5.11. The van der Waals surface area contributed by atoms with E-state index in [9.17, 15) is 9.18 Å². The van der Waals surface area contributed by atoms with Gasteiger partial charge in [-0.2, -0.15) is 0 Å². The van der Waals surface area contributed by atoms with Gasteiger partial charge in [0.05, 0.1) is 5.56 Å². The van der Waals surface area contributed by atoms with Gasteiger partial charge in [-0.3, -0.25) is 4.79 Å². The summed E-state index contributed by atoms with van der Waals surface area (Å²) in [6, 6.07) is 4.71. The summed E-state index contributed by atoms with van der Waals surface area (Å²) in [4.78, 5) is 13.8. The highest BCUT2D eigenvalue weighted by Crippen LogP contribution is 2.19. The number of nitrogens with zero attached hydrogens (tertiary/aromatic N) is 1. The summed E-state index contributed by atoms with van der Waals surface area (Å²) in [6.45, 7) is 3.70. The molecule has 18 heavy (non-hydrogen) atoms. The van der Waals surface area contributed by atoms with Crippen LogP contribution in [0.15, 0.2) is 18.2 Å². The van der Waals surface area contributed by atoms with Gasteiger partial charge in [0.25, 0.3) is 5.91 Å². The van der Waals surface area contributed by atoms with E-state index in [2.05, 4.69) is 0 Å². The summed E-state index contributed by atoms with van der Waals surface area (Å²) in [6.07, 6.45) is 0.912. The maximum Gasteiger partial charge on any atom is 0.256 e. The molecule has 1 unspecified atom stereocenters. The quantitative estimate of drug-likeness (QED) is 0.895. The fourth-order valence-electron chi connectivity index (χ4n) is 2.17. The molecule has 1 amide bonds. The molecule has 1 fully saturated rings. The molecule has 3 nitrogen and oxygen atoms in total. The molecular weight excluding hydrogens is 255 g/mol. The first-order chi connectivity index (χ1) is 8.11. The SMILES string of the molecule is Cc1ccc(C(=O)N2CCC(CN)C2)c(F)c1.Cl. The van der Waals surface area contributed by atoms with Crippen molar-refractivity contribution >= 4 is 18.3 Å². The van der Waals surface area contributed by atoms with Gasteiger partial charge in [0.2, 0.25) is 0 Å². The van der Waals surface area contributed by atoms with Crippen LogP contribution in [0.2, 0.25) is 0 Å². The lowest BCUT2D eigenvalue weighted by molar-refractivity contribution is 0.0783. The third-order valence-corrected chi connectivity index (χ3v) is 3.26. The molecule has 2 N–H and O–H groups in total. The lowest BCUT2D eigenvalue weighted by atomic mass is 10.1. The maximum absolute atomic E-state index is 13.7. The normalized spacial score (nSPS) is 18.6. The minimum absolute atomic E-state index is 0. The molecule has 1 saturated heterocycles. The molecule has 100 valence electrons. The minimum Gasteiger partial charge on any atom is -0.338 e. The summed E-state index contributed by atoms with van der Waals surface area (Å²) in [5.41, 5.74) is 6.55. The van der Waals surface area contributed by atoms with Gasteiger partial charge < -0.3 is 10.6 Å². The van der Waals surface area contributed by atoms with Crippen molar-refractivity contribution in [1.82, 2.24) is 4.90 Å². The summed E-state index contributed by atoms with van der Waals surface area (Å²) in [5, 5.41) is 0. The number of hydrogen-bond acceptors (Lipinski definition) is 2. The van der Waals surface area contributed by atoms with Gasteiger partial charge in [-0.15, -0.1) is 12.4 Å². The van der Waals surface area contributed by atoms with Gasteiger partial charge in [-0.1, -0.05) is 6.07 Å². The van der Waals surface area contributed by atoms with Crippen LogP contribution >= 0.6 is 12.4 Å². The molecule has 1 aliphatic rings. The number of halogens is 2. The molecule has 0 radical (unpaired) electrons. The highest BCUT2D eigenvalue weighted by atomic mass is 35.5. The number of carbonyl (C=O) groups excluding carboxylic acids is 1. The number of carbonyl (C=O) groups is 1. The van der Waals surface area contributed by atoms with E-state index in [0.29, 0.717) is 25.6 Å². The van der Waals surface area contributed by atoms with Gasteiger partial charge in [0.1, 0.15) is 5.82 Å². The molecule has 0 saturated carbocycles. The number of hydrogen-bond donors (Lipinski definition) is 1. The molecule has 1 heterocycles. The van der Waals surface area contributed by atoms with Crippen molar-refractivity contribution in [3.05, 3.63) is 35.1 Å². The van der Waals surface area contributed by atoms with Crippen LogP contribution in [0.3, 0.4) is 0 Å². The number of nitrogens with two attached hydrogens (primary N) is 1. The average Bonchev–Trinajstić information content (AvgIpc) is 2.76. The van der Waals surface area contributed by atoms with E-state index in [1.54, 1.807) is 24.0 Å². The van der Waals surface area contributed by atoms with Crippen LogP contribution in [-0.2, 0) is 0 Å². The van der Waals surface area contributed by atoms with Gasteiger partial charge in [0.15, 0.2) is 0 Å². The van der Waals surface area contributed by atoms with Crippen LogP contribution in [0.25, 0.3) is 0 Å². The monoisotopic (exact) mass is 272 g/mol. The number of benzene rings is 1. The number of aryl methyl sites for hydroxylation is 1. The first-order valence-corrected chi connectivity index (χ1v) is 5.87. The van der Waals surface area contributed by atoms with Crippen LogP contribution < -0.4 is 5.73 Å². The first kappa shape index (κ1) is 14.9. The second kappa shape index (κ2) is 6.16. The Balaban J connectivity index is 0.00000162. The lowest BCUT2D eigenvalue weighted by Crippen LogP contribution is -2.30. The Hall–Kier alpha value is -1.13. The molecule has 1 atom stereocenters. The van der Waals surface area contributed by atoms with E-state index in [-0.39, 0.29) is 23.9 Å². The average molecular weight is 273 g/mol. The zero-order chi connectivity index (χ0) is 12.4. The molecule has 2 rings (SSSR count). The topological polar surface area (TPSA) is 46.3 Å². The summed E-state index contributed by atoms with van der Waals surface area (Å²) < 4.78 is 13.7. The second-order valence-electron chi connectivity index (χ2n) is 4.62. The predicted molar refractivity (Wildman–Crippen MR) is 71.4 cm³/mol. The molecule has 5 heteroatoms. The first-order valence-electron chi connectivity index (χ1n) is 5.87. The zero-order valence-corrected chi connectivity index (χ0v) is 11.2. The third-order valence-electron chi connectivity index (χ3n) is 3.26. The smallest absolute Gasteiger partial charge is 0.256 e. The highest BCUT2D eigenvalue weighted by molar-refractivity contribution is 5.94. The van der Waals surface area contributed by atoms with E-state index >= 15 is 0 Å². The van der Waals surface area contributed by atoms with Gasteiger partial charge in [-0.05, 0) is 43.5 Å². The molecule has 0 bridgehead atoms. The largest absolute Gasteiger partial charge is 0.338 e. The Morgan fingerprint density at radius 2 is 2.28 bits per heavy atom. The number of amides is 1. The van der Waals surface area contributed by atoms with E-state index in [1.807, 2.05) is 0 Å². The van der Waals surface area contributed by atoms with Crippen LogP contribution in [0.1, 0.15) is 22.3 Å². The van der Waals surface area contributed by atoms with Crippen LogP contribution in [-0.4, -0.2) is 30.4 Å². The van der Waals surface area contributed by atoms with Crippen molar-refractivity contribution in [1.29, 1.82) is 0 Å². The fourth-order valence-corrected chi connectivity index (χ4v) is 2.17. The van der Waals surface area contributed by atoms with Crippen molar-refractivity contribution < 1.29 is 9.18 Å². The van der Waals surface area contributed by atoms with Crippen molar-refractivity contribution in [2.75, 3.05) is 19.6 Å². The van der Waals surface area contributed by atoms with E-state index in [4.69, 9.17) is 5.73 Å². The van der Waals surface area contributed by atoms with E-state index in [0.717, 1.165) is 12.0 Å². The molecule has 1 aromatic rings. The van der Waals surface area contributed by atoms with Crippen molar-refractivity contribution in [3.63, 3.8) is 0 Å². The molecule has 0 aliphatic carbocycles. The summed E-state index contributed by atoms with van der Waals surface area (Å²) in [5.74, 6) is -0.308. The molecular formula is C13H18ClFN2O. The molecule has 1 aromatic carbocycles. The van der Waals surface area contributed by atoms with Gasteiger partial charge >= 0.3 is 0 Å². The van der Waals surface area contributed by atoms with Gasteiger partial charge in [0, 0.05) is 13.1 Å².